The van der Waals surface area contributed by atoms with E-state index in [9.17, 15) is 18.0 Å². The van der Waals surface area contributed by atoms with Gasteiger partial charge in [-0.15, -0.1) is 0 Å². The smallest absolute Gasteiger partial charge is 0.264 e. The minimum absolute atomic E-state index is 0.0542. The van der Waals surface area contributed by atoms with Gasteiger partial charge in [-0.05, 0) is 62.2 Å². The van der Waals surface area contributed by atoms with Gasteiger partial charge in [0.05, 0.1) is 10.6 Å². The van der Waals surface area contributed by atoms with E-state index < -0.39 is 28.5 Å². The Morgan fingerprint density at radius 1 is 0.972 bits per heavy atom. The van der Waals surface area contributed by atoms with Gasteiger partial charge in [-0.3, -0.25) is 13.9 Å². The quantitative estimate of drug-likeness (QED) is 0.423. The van der Waals surface area contributed by atoms with E-state index in [2.05, 4.69) is 5.32 Å². The third-order valence-corrected chi connectivity index (χ3v) is 7.76. The van der Waals surface area contributed by atoms with Crippen LogP contribution < -0.4 is 9.62 Å². The van der Waals surface area contributed by atoms with E-state index in [0.29, 0.717) is 22.8 Å². The number of nitrogens with zero attached hydrogens (tertiary/aromatic N) is 2. The van der Waals surface area contributed by atoms with Crippen LogP contribution in [-0.2, 0) is 26.2 Å². The maximum absolute atomic E-state index is 13.8. The molecule has 0 heterocycles. The van der Waals surface area contributed by atoms with Crippen molar-refractivity contribution in [2.24, 2.45) is 0 Å². The fourth-order valence-electron chi connectivity index (χ4n) is 3.82. The summed E-state index contributed by atoms with van der Waals surface area (Å²) in [6.45, 7) is 5.24. The van der Waals surface area contributed by atoms with Gasteiger partial charge in [0, 0.05) is 18.1 Å². The summed E-state index contributed by atoms with van der Waals surface area (Å²) in [5.74, 6) is -0.826. The molecule has 0 spiro atoms. The van der Waals surface area contributed by atoms with Crippen LogP contribution in [0.15, 0.2) is 83.8 Å². The molecule has 0 fully saturated rings. The number of anilines is 1. The van der Waals surface area contributed by atoms with Crippen LogP contribution in [0.3, 0.4) is 0 Å². The van der Waals surface area contributed by atoms with Crippen molar-refractivity contribution in [1.82, 2.24) is 10.2 Å². The number of aryl methyl sites for hydroxylation is 1. The molecule has 190 valence electrons. The number of hydrogen-bond acceptors (Lipinski definition) is 4. The molecule has 2 amide bonds. The summed E-state index contributed by atoms with van der Waals surface area (Å²) < 4.78 is 28.6. The van der Waals surface area contributed by atoms with Crippen LogP contribution in [0.1, 0.15) is 25.0 Å². The number of rotatable bonds is 10. The van der Waals surface area contributed by atoms with Gasteiger partial charge in [-0.2, -0.15) is 0 Å². The number of hydrogen-bond donors (Lipinski definition) is 1. The summed E-state index contributed by atoms with van der Waals surface area (Å²) in [4.78, 5) is 27.9. The minimum atomic E-state index is -4.10. The van der Waals surface area contributed by atoms with Crippen molar-refractivity contribution in [3.05, 3.63) is 95.0 Å². The van der Waals surface area contributed by atoms with Gasteiger partial charge in [0.15, 0.2) is 0 Å². The number of benzene rings is 3. The fraction of sp³-hybridized carbons (Fsp3) is 0.259. The summed E-state index contributed by atoms with van der Waals surface area (Å²) in [5.41, 5.74) is 1.75. The average molecular weight is 528 g/mol. The van der Waals surface area contributed by atoms with Crippen molar-refractivity contribution < 1.29 is 18.0 Å². The van der Waals surface area contributed by atoms with Crippen LogP contribution in [0.4, 0.5) is 5.69 Å². The number of carbonyl (C=O) groups excluding carboxylic acids is 2. The van der Waals surface area contributed by atoms with Crippen LogP contribution in [0, 0.1) is 6.92 Å². The molecule has 3 aromatic rings. The molecule has 0 radical (unpaired) electrons. The first kappa shape index (κ1) is 27.2. The lowest BCUT2D eigenvalue weighted by Crippen LogP contribution is -2.51. The van der Waals surface area contributed by atoms with E-state index in [1.54, 1.807) is 57.2 Å². The first-order valence-electron chi connectivity index (χ1n) is 11.6. The zero-order chi connectivity index (χ0) is 26.3. The molecule has 0 saturated heterocycles. The molecule has 9 heteroatoms. The second-order valence-corrected chi connectivity index (χ2v) is 10.6. The molecular formula is C27H30ClN3O4S. The summed E-state index contributed by atoms with van der Waals surface area (Å²) in [5, 5.41) is 3.20. The van der Waals surface area contributed by atoms with Crippen LogP contribution in [0.2, 0.25) is 5.02 Å². The highest BCUT2D eigenvalue weighted by atomic mass is 35.5. The van der Waals surface area contributed by atoms with E-state index in [1.807, 2.05) is 30.3 Å². The Hall–Kier alpha value is -3.36. The van der Waals surface area contributed by atoms with Crippen molar-refractivity contribution in [3.8, 4) is 0 Å². The lowest BCUT2D eigenvalue weighted by molar-refractivity contribution is -0.139. The topological polar surface area (TPSA) is 86.8 Å². The highest BCUT2D eigenvalue weighted by molar-refractivity contribution is 7.92. The second kappa shape index (κ2) is 12.1. The molecule has 36 heavy (non-hydrogen) atoms. The zero-order valence-corrected chi connectivity index (χ0v) is 22.1. The fourth-order valence-corrected chi connectivity index (χ4v) is 5.54. The van der Waals surface area contributed by atoms with Crippen LogP contribution in [-0.4, -0.2) is 44.3 Å². The van der Waals surface area contributed by atoms with E-state index in [0.717, 1.165) is 9.87 Å². The minimum Gasteiger partial charge on any atom is -0.355 e. The summed E-state index contributed by atoms with van der Waals surface area (Å²) in [6.07, 6.45) is 0. The molecular weight excluding hydrogens is 498 g/mol. The SMILES string of the molecule is CCNC(=O)[C@H](C)N(Cc1ccccc1)C(=O)CN(c1ccc(Cl)cc1C)S(=O)(=O)c1ccccc1. The van der Waals surface area contributed by atoms with Crippen molar-refractivity contribution >= 4 is 39.1 Å². The maximum Gasteiger partial charge on any atom is 0.264 e. The van der Waals surface area contributed by atoms with Gasteiger partial charge in [-0.25, -0.2) is 8.42 Å². The van der Waals surface area contributed by atoms with E-state index in [1.165, 1.54) is 17.0 Å². The number of likely N-dealkylation sites (N-methyl/N-ethyl adjacent to an activating group) is 1. The zero-order valence-electron chi connectivity index (χ0n) is 20.5. The largest absolute Gasteiger partial charge is 0.355 e. The molecule has 0 aliphatic rings. The lowest BCUT2D eigenvalue weighted by atomic mass is 10.1. The van der Waals surface area contributed by atoms with Crippen molar-refractivity contribution in [1.29, 1.82) is 0 Å². The molecule has 0 saturated carbocycles. The highest BCUT2D eigenvalue weighted by Crippen LogP contribution is 2.29. The first-order chi connectivity index (χ1) is 17.1. The molecule has 0 aromatic heterocycles. The Labute approximate surface area is 217 Å². The van der Waals surface area contributed by atoms with Crippen molar-refractivity contribution in [3.63, 3.8) is 0 Å². The Bertz CT molecular complexity index is 1300. The number of sulfonamides is 1. The van der Waals surface area contributed by atoms with Gasteiger partial charge in [0.25, 0.3) is 10.0 Å². The Morgan fingerprint density at radius 2 is 1.58 bits per heavy atom. The van der Waals surface area contributed by atoms with Crippen LogP contribution in [0.5, 0.6) is 0 Å². The van der Waals surface area contributed by atoms with E-state index in [4.69, 9.17) is 11.6 Å². The maximum atomic E-state index is 13.8. The molecule has 0 unspecified atom stereocenters. The van der Waals surface area contributed by atoms with Gasteiger partial charge >= 0.3 is 0 Å². The molecule has 7 nitrogen and oxygen atoms in total. The molecule has 3 aromatic carbocycles. The number of halogens is 1. The Kier molecular flexibility index (Phi) is 9.12. The Morgan fingerprint density at radius 3 is 2.17 bits per heavy atom. The summed E-state index contributed by atoms with van der Waals surface area (Å²) in [6, 6.07) is 21.2. The third-order valence-electron chi connectivity index (χ3n) is 5.75. The highest BCUT2D eigenvalue weighted by Gasteiger charge is 2.33. The normalized spacial score (nSPS) is 12.0. The standard InChI is InChI=1S/C27H30ClN3O4S/c1-4-29-27(33)21(3)30(18-22-11-7-5-8-12-22)26(32)19-31(25-16-15-23(28)17-20(25)2)36(34,35)24-13-9-6-10-14-24/h5-17,21H,4,18-19H2,1-3H3,(H,29,33)/t21-/m0/s1. The lowest BCUT2D eigenvalue weighted by Gasteiger charge is -2.32. The van der Waals surface area contributed by atoms with E-state index in [-0.39, 0.29) is 17.3 Å². The predicted molar refractivity (Wildman–Crippen MR) is 142 cm³/mol. The van der Waals surface area contributed by atoms with Crippen LogP contribution in [0.25, 0.3) is 0 Å². The third kappa shape index (κ3) is 6.44. The molecule has 0 aliphatic carbocycles. The van der Waals surface area contributed by atoms with Crippen molar-refractivity contribution in [2.45, 2.75) is 38.3 Å². The number of nitrogens with one attached hydrogen (secondary N) is 1. The molecule has 1 N–H and O–H groups in total. The number of amides is 2. The second-order valence-electron chi connectivity index (χ2n) is 8.33. The molecule has 3 rings (SSSR count). The van der Waals surface area contributed by atoms with Gasteiger partial charge in [0.2, 0.25) is 11.8 Å². The van der Waals surface area contributed by atoms with Gasteiger partial charge in [0.1, 0.15) is 12.6 Å². The monoisotopic (exact) mass is 527 g/mol. The van der Waals surface area contributed by atoms with Crippen LogP contribution >= 0.6 is 11.6 Å². The van der Waals surface area contributed by atoms with E-state index >= 15 is 0 Å². The average Bonchev–Trinajstić information content (AvgIpc) is 2.87. The predicted octanol–water partition coefficient (Wildman–Crippen LogP) is 4.40. The molecule has 0 bridgehead atoms. The van der Waals surface area contributed by atoms with Crippen molar-refractivity contribution in [2.75, 3.05) is 17.4 Å². The Balaban J connectivity index is 2.04. The first-order valence-corrected chi connectivity index (χ1v) is 13.4. The number of carbonyl (C=O) groups is 2. The van der Waals surface area contributed by atoms with Gasteiger partial charge < -0.3 is 10.2 Å². The van der Waals surface area contributed by atoms with Gasteiger partial charge in [-0.1, -0.05) is 60.1 Å². The molecule has 1 atom stereocenters. The summed E-state index contributed by atoms with van der Waals surface area (Å²) in [7, 11) is -4.10. The summed E-state index contributed by atoms with van der Waals surface area (Å²) >= 11 is 6.12. The molecule has 0 aliphatic heterocycles.